The van der Waals surface area contributed by atoms with E-state index >= 15 is 0 Å². The van der Waals surface area contributed by atoms with Gasteiger partial charge in [-0.15, -0.1) is 0 Å². The van der Waals surface area contributed by atoms with Crippen LogP contribution in [-0.2, 0) is 4.74 Å². The average molecular weight is 273 g/mol. The fourth-order valence-corrected chi connectivity index (χ4v) is 2.14. The molecule has 0 aromatic heterocycles. The van der Waals surface area contributed by atoms with Crippen molar-refractivity contribution in [1.82, 2.24) is 5.32 Å². The molecule has 1 atom stereocenters. The van der Waals surface area contributed by atoms with Crippen LogP contribution in [0.1, 0.15) is 25.5 Å². The van der Waals surface area contributed by atoms with Crippen molar-refractivity contribution >= 4 is 10.8 Å². The molecule has 0 aliphatic carbocycles. The Hall–Kier alpha value is -1.42. The molecule has 0 heterocycles. The zero-order chi connectivity index (χ0) is 14.4. The van der Waals surface area contributed by atoms with Gasteiger partial charge in [-0.25, -0.2) is 0 Å². The molecule has 0 radical (unpaired) electrons. The summed E-state index contributed by atoms with van der Waals surface area (Å²) in [6, 6.07) is 14.3. The summed E-state index contributed by atoms with van der Waals surface area (Å²) in [5.74, 6) is 0. The van der Waals surface area contributed by atoms with Crippen molar-refractivity contribution in [3.05, 3.63) is 48.0 Å². The summed E-state index contributed by atoms with van der Waals surface area (Å²) in [5.41, 5.74) is 0.945. The number of nitrogens with one attached hydrogen (secondary N) is 1. The SMILES string of the molecule is CC(C)OCCNCC(O)c1ccc2ccccc2c1. The van der Waals surface area contributed by atoms with Gasteiger partial charge in [-0.1, -0.05) is 36.4 Å². The van der Waals surface area contributed by atoms with Gasteiger partial charge in [0.05, 0.1) is 18.8 Å². The van der Waals surface area contributed by atoms with E-state index in [1.807, 2.05) is 38.1 Å². The lowest BCUT2D eigenvalue weighted by molar-refractivity contribution is 0.0781. The number of rotatable bonds is 7. The monoisotopic (exact) mass is 273 g/mol. The third kappa shape index (κ3) is 4.30. The maximum atomic E-state index is 10.2. The lowest BCUT2D eigenvalue weighted by atomic mass is 10.0. The van der Waals surface area contributed by atoms with Crippen LogP contribution in [0.15, 0.2) is 42.5 Å². The second-order valence-corrected chi connectivity index (χ2v) is 5.25. The number of benzene rings is 2. The molecule has 2 aromatic rings. The Balaban J connectivity index is 1.86. The molecule has 0 aliphatic heterocycles. The summed E-state index contributed by atoms with van der Waals surface area (Å²) in [6.45, 7) is 6.00. The molecule has 0 saturated carbocycles. The highest BCUT2D eigenvalue weighted by molar-refractivity contribution is 5.83. The van der Waals surface area contributed by atoms with E-state index in [0.717, 1.165) is 17.5 Å². The van der Waals surface area contributed by atoms with Crippen LogP contribution in [0.25, 0.3) is 10.8 Å². The lowest BCUT2D eigenvalue weighted by Gasteiger charge is -2.14. The molecular weight excluding hydrogens is 250 g/mol. The minimum atomic E-state index is -0.487. The van der Waals surface area contributed by atoms with Crippen LogP contribution in [0.5, 0.6) is 0 Å². The predicted octanol–water partition coefficient (Wildman–Crippen LogP) is 2.89. The molecule has 0 amide bonds. The maximum absolute atomic E-state index is 10.2. The van der Waals surface area contributed by atoms with Crippen LogP contribution in [-0.4, -0.2) is 30.9 Å². The second-order valence-electron chi connectivity index (χ2n) is 5.25. The van der Waals surface area contributed by atoms with E-state index in [9.17, 15) is 5.11 Å². The summed E-state index contributed by atoms with van der Waals surface area (Å²) in [7, 11) is 0. The number of fused-ring (bicyclic) bond motifs is 1. The Bertz CT molecular complexity index is 539. The first-order valence-electron chi connectivity index (χ1n) is 7.16. The topological polar surface area (TPSA) is 41.5 Å². The van der Waals surface area contributed by atoms with Gasteiger partial charge in [0.1, 0.15) is 0 Å². The molecular formula is C17H23NO2. The Kier molecular flexibility index (Phi) is 5.53. The van der Waals surface area contributed by atoms with Gasteiger partial charge in [-0.3, -0.25) is 0 Å². The molecule has 108 valence electrons. The van der Waals surface area contributed by atoms with E-state index in [1.54, 1.807) is 0 Å². The van der Waals surface area contributed by atoms with Gasteiger partial charge in [0, 0.05) is 13.1 Å². The zero-order valence-corrected chi connectivity index (χ0v) is 12.2. The first-order chi connectivity index (χ1) is 9.66. The van der Waals surface area contributed by atoms with Gasteiger partial charge in [-0.05, 0) is 36.2 Å². The van der Waals surface area contributed by atoms with E-state index in [-0.39, 0.29) is 6.10 Å². The van der Waals surface area contributed by atoms with Gasteiger partial charge >= 0.3 is 0 Å². The second kappa shape index (κ2) is 7.39. The number of hydrogen-bond donors (Lipinski definition) is 2. The normalized spacial score (nSPS) is 13.0. The third-order valence-corrected chi connectivity index (χ3v) is 3.23. The van der Waals surface area contributed by atoms with Crippen molar-refractivity contribution in [1.29, 1.82) is 0 Å². The van der Waals surface area contributed by atoms with Crippen molar-refractivity contribution in [3.8, 4) is 0 Å². The average Bonchev–Trinajstić information content (AvgIpc) is 2.46. The van der Waals surface area contributed by atoms with Gasteiger partial charge in [-0.2, -0.15) is 0 Å². The van der Waals surface area contributed by atoms with Crippen molar-refractivity contribution in [3.63, 3.8) is 0 Å². The molecule has 3 heteroatoms. The first kappa shape index (κ1) is 15.0. The Labute approximate surface area is 120 Å². The van der Waals surface area contributed by atoms with E-state index in [2.05, 4.69) is 23.5 Å². The molecule has 2 rings (SSSR count). The zero-order valence-electron chi connectivity index (χ0n) is 12.2. The molecule has 0 aliphatic rings. The van der Waals surface area contributed by atoms with Crippen LogP contribution in [0.4, 0.5) is 0 Å². The molecule has 0 bridgehead atoms. The van der Waals surface area contributed by atoms with Crippen molar-refractivity contribution < 1.29 is 9.84 Å². The van der Waals surface area contributed by atoms with Crippen molar-refractivity contribution in [2.24, 2.45) is 0 Å². The fourth-order valence-electron chi connectivity index (χ4n) is 2.14. The molecule has 2 aromatic carbocycles. The molecule has 0 spiro atoms. The van der Waals surface area contributed by atoms with Gasteiger partial charge < -0.3 is 15.2 Å². The Morgan fingerprint density at radius 3 is 2.60 bits per heavy atom. The highest BCUT2D eigenvalue weighted by Crippen LogP contribution is 2.19. The standard InChI is InChI=1S/C17H23NO2/c1-13(2)20-10-9-18-12-17(19)16-8-7-14-5-3-4-6-15(14)11-16/h3-8,11,13,17-19H,9-10,12H2,1-2H3. The highest BCUT2D eigenvalue weighted by Gasteiger charge is 2.07. The molecule has 3 nitrogen and oxygen atoms in total. The molecule has 20 heavy (non-hydrogen) atoms. The summed E-state index contributed by atoms with van der Waals surface area (Å²) in [6.07, 6.45) is -0.235. The Morgan fingerprint density at radius 2 is 1.85 bits per heavy atom. The molecule has 1 unspecified atom stereocenters. The third-order valence-electron chi connectivity index (χ3n) is 3.23. The van der Waals surface area contributed by atoms with Gasteiger partial charge in [0.2, 0.25) is 0 Å². The number of aliphatic hydroxyl groups is 1. The minimum absolute atomic E-state index is 0.252. The van der Waals surface area contributed by atoms with Gasteiger partial charge in [0.15, 0.2) is 0 Å². The number of aliphatic hydroxyl groups excluding tert-OH is 1. The van der Waals surface area contributed by atoms with Crippen molar-refractivity contribution in [2.75, 3.05) is 19.7 Å². The molecule has 0 fully saturated rings. The first-order valence-corrected chi connectivity index (χ1v) is 7.16. The summed E-state index contributed by atoms with van der Waals surface area (Å²) >= 11 is 0. The lowest BCUT2D eigenvalue weighted by Crippen LogP contribution is -2.26. The fraction of sp³-hybridized carbons (Fsp3) is 0.412. The van der Waals surface area contributed by atoms with Crippen LogP contribution in [0.3, 0.4) is 0 Å². The van der Waals surface area contributed by atoms with Crippen LogP contribution in [0.2, 0.25) is 0 Å². The van der Waals surface area contributed by atoms with E-state index < -0.39 is 6.10 Å². The summed E-state index contributed by atoms with van der Waals surface area (Å²) in [4.78, 5) is 0. The number of hydrogen-bond acceptors (Lipinski definition) is 3. The highest BCUT2D eigenvalue weighted by atomic mass is 16.5. The van der Waals surface area contributed by atoms with E-state index in [0.29, 0.717) is 13.2 Å². The quantitative estimate of drug-likeness (QED) is 0.762. The van der Waals surface area contributed by atoms with Crippen LogP contribution in [0, 0.1) is 0 Å². The van der Waals surface area contributed by atoms with E-state index in [4.69, 9.17) is 4.74 Å². The predicted molar refractivity (Wildman–Crippen MR) is 82.9 cm³/mol. The van der Waals surface area contributed by atoms with Crippen LogP contribution < -0.4 is 5.32 Å². The van der Waals surface area contributed by atoms with E-state index in [1.165, 1.54) is 5.39 Å². The summed E-state index contributed by atoms with van der Waals surface area (Å²) < 4.78 is 5.44. The largest absolute Gasteiger partial charge is 0.387 e. The minimum Gasteiger partial charge on any atom is -0.387 e. The van der Waals surface area contributed by atoms with Gasteiger partial charge in [0.25, 0.3) is 0 Å². The maximum Gasteiger partial charge on any atom is 0.0914 e. The molecule has 2 N–H and O–H groups in total. The smallest absolute Gasteiger partial charge is 0.0914 e. The Morgan fingerprint density at radius 1 is 1.10 bits per heavy atom. The van der Waals surface area contributed by atoms with Crippen LogP contribution >= 0.6 is 0 Å². The number of ether oxygens (including phenoxy) is 1. The summed E-state index contributed by atoms with van der Waals surface area (Å²) in [5, 5.41) is 15.8. The van der Waals surface area contributed by atoms with Crippen molar-refractivity contribution in [2.45, 2.75) is 26.1 Å². The molecule has 0 saturated heterocycles.